The zero-order valence-electron chi connectivity index (χ0n) is 12.6. The summed E-state index contributed by atoms with van der Waals surface area (Å²) >= 11 is 0. The Morgan fingerprint density at radius 1 is 0.864 bits per heavy atom. The number of rotatable bonds is 6. The fourth-order valence-electron chi connectivity index (χ4n) is 2.63. The molecule has 0 radical (unpaired) electrons. The lowest BCUT2D eigenvalue weighted by atomic mass is 10.1. The predicted octanol–water partition coefficient (Wildman–Crippen LogP) is 4.32. The molecule has 0 aliphatic heterocycles. The number of hydrogen-bond donors (Lipinski definition) is 1. The largest absolute Gasteiger partial charge is 0.345 e. The van der Waals surface area contributed by atoms with E-state index in [1.807, 2.05) is 18.2 Å². The van der Waals surface area contributed by atoms with Gasteiger partial charge < -0.3 is 4.98 Å². The van der Waals surface area contributed by atoms with Gasteiger partial charge in [0.05, 0.1) is 5.69 Å². The van der Waals surface area contributed by atoms with Crippen LogP contribution in [0, 0.1) is 0 Å². The first-order chi connectivity index (χ1) is 10.8. The summed E-state index contributed by atoms with van der Waals surface area (Å²) in [5.74, 6) is 1.02. The molecule has 1 aromatic heterocycles. The molecule has 0 spiro atoms. The van der Waals surface area contributed by atoms with Crippen LogP contribution in [-0.4, -0.2) is 9.97 Å². The van der Waals surface area contributed by atoms with Crippen LogP contribution in [0.3, 0.4) is 0 Å². The lowest BCUT2D eigenvalue weighted by molar-refractivity contribution is 0.999. The van der Waals surface area contributed by atoms with Crippen molar-refractivity contribution in [3.63, 3.8) is 0 Å². The molecular formula is C20H20N2. The second-order valence-corrected chi connectivity index (χ2v) is 5.43. The van der Waals surface area contributed by atoms with Gasteiger partial charge in [-0.05, 0) is 11.1 Å². The van der Waals surface area contributed by atoms with E-state index < -0.39 is 0 Å². The van der Waals surface area contributed by atoms with Crippen molar-refractivity contribution in [1.82, 2.24) is 9.97 Å². The average Bonchev–Trinajstić information content (AvgIpc) is 2.91. The molecule has 0 bridgehead atoms. The van der Waals surface area contributed by atoms with Crippen molar-refractivity contribution in [2.75, 3.05) is 0 Å². The number of allylic oxidation sites excluding steroid dienone is 1. The molecule has 0 saturated carbocycles. The Kier molecular flexibility index (Phi) is 4.50. The molecular weight excluding hydrogens is 268 g/mol. The van der Waals surface area contributed by atoms with Gasteiger partial charge >= 0.3 is 0 Å². The number of imidazole rings is 1. The Bertz CT molecular complexity index is 727. The fraction of sp³-hybridized carbons (Fsp3) is 0.150. The highest BCUT2D eigenvalue weighted by Gasteiger charge is 2.10. The summed E-state index contributed by atoms with van der Waals surface area (Å²) in [4.78, 5) is 8.27. The summed E-state index contributed by atoms with van der Waals surface area (Å²) in [6.07, 6.45) is 4.43. The number of hydrogen-bond acceptors (Lipinski definition) is 1. The third-order valence-electron chi connectivity index (χ3n) is 3.69. The molecule has 0 aliphatic carbocycles. The van der Waals surface area contributed by atoms with Crippen LogP contribution in [-0.2, 0) is 19.3 Å². The van der Waals surface area contributed by atoms with Gasteiger partial charge in [0, 0.05) is 25.0 Å². The maximum absolute atomic E-state index is 4.76. The van der Waals surface area contributed by atoms with Crippen molar-refractivity contribution in [3.05, 3.63) is 102 Å². The highest BCUT2D eigenvalue weighted by Crippen LogP contribution is 2.15. The Labute approximate surface area is 131 Å². The van der Waals surface area contributed by atoms with Crippen molar-refractivity contribution in [1.29, 1.82) is 0 Å². The van der Waals surface area contributed by atoms with Crippen molar-refractivity contribution >= 4 is 0 Å². The van der Waals surface area contributed by atoms with Gasteiger partial charge in [-0.15, -0.1) is 6.58 Å². The van der Waals surface area contributed by atoms with Gasteiger partial charge in [-0.2, -0.15) is 0 Å². The monoisotopic (exact) mass is 288 g/mol. The van der Waals surface area contributed by atoms with Crippen LogP contribution in [0.4, 0.5) is 0 Å². The first-order valence-corrected chi connectivity index (χ1v) is 7.60. The highest BCUT2D eigenvalue weighted by molar-refractivity contribution is 5.28. The van der Waals surface area contributed by atoms with Gasteiger partial charge in [-0.1, -0.05) is 66.7 Å². The van der Waals surface area contributed by atoms with Crippen LogP contribution in [0.1, 0.15) is 28.3 Å². The number of benzene rings is 2. The summed E-state index contributed by atoms with van der Waals surface area (Å²) in [5, 5.41) is 0. The maximum atomic E-state index is 4.76. The second kappa shape index (κ2) is 6.90. The summed E-state index contributed by atoms with van der Waals surface area (Å²) < 4.78 is 0. The molecule has 2 aromatic carbocycles. The van der Waals surface area contributed by atoms with Crippen molar-refractivity contribution in [3.8, 4) is 0 Å². The minimum Gasteiger partial charge on any atom is -0.345 e. The van der Waals surface area contributed by atoms with Crippen LogP contribution in [0.5, 0.6) is 0 Å². The summed E-state index contributed by atoms with van der Waals surface area (Å²) in [7, 11) is 0. The molecule has 22 heavy (non-hydrogen) atoms. The molecule has 0 aliphatic rings. The Hall–Kier alpha value is -2.61. The van der Waals surface area contributed by atoms with Crippen LogP contribution < -0.4 is 0 Å². The Balaban J connectivity index is 1.84. The quantitative estimate of drug-likeness (QED) is 0.672. The lowest BCUT2D eigenvalue weighted by Gasteiger charge is -2.01. The highest BCUT2D eigenvalue weighted by atomic mass is 14.9. The van der Waals surface area contributed by atoms with Crippen molar-refractivity contribution < 1.29 is 0 Å². The molecule has 110 valence electrons. The standard InChI is InChI=1S/C20H20N2/c1-2-9-18-19(14-16-10-5-3-6-11-16)22-20(21-18)15-17-12-7-4-8-13-17/h2-8,10-13H,1,9,14-15H2,(H,21,22). The Morgan fingerprint density at radius 3 is 2.05 bits per heavy atom. The number of nitrogens with one attached hydrogen (secondary N) is 1. The van der Waals surface area contributed by atoms with E-state index in [2.05, 4.69) is 60.1 Å². The zero-order valence-corrected chi connectivity index (χ0v) is 12.6. The third-order valence-corrected chi connectivity index (χ3v) is 3.69. The third kappa shape index (κ3) is 3.53. The van der Waals surface area contributed by atoms with E-state index in [1.54, 1.807) is 0 Å². The van der Waals surface area contributed by atoms with E-state index in [0.717, 1.165) is 30.8 Å². The second-order valence-electron chi connectivity index (χ2n) is 5.43. The average molecular weight is 288 g/mol. The molecule has 3 aromatic rings. The van der Waals surface area contributed by atoms with Crippen LogP contribution >= 0.6 is 0 Å². The number of nitrogens with zero attached hydrogens (tertiary/aromatic N) is 1. The van der Waals surface area contributed by atoms with Crippen LogP contribution in [0.15, 0.2) is 73.3 Å². The molecule has 0 atom stereocenters. The fourth-order valence-corrected chi connectivity index (χ4v) is 2.63. The van der Waals surface area contributed by atoms with Gasteiger partial charge in [0.25, 0.3) is 0 Å². The normalized spacial score (nSPS) is 10.5. The van der Waals surface area contributed by atoms with Crippen LogP contribution in [0.2, 0.25) is 0 Å². The minimum absolute atomic E-state index is 0.799. The topological polar surface area (TPSA) is 28.7 Å². The van der Waals surface area contributed by atoms with E-state index in [4.69, 9.17) is 4.98 Å². The van der Waals surface area contributed by atoms with Gasteiger partial charge in [0.15, 0.2) is 0 Å². The van der Waals surface area contributed by atoms with E-state index >= 15 is 0 Å². The predicted molar refractivity (Wildman–Crippen MR) is 91.0 cm³/mol. The van der Waals surface area contributed by atoms with Gasteiger partial charge in [0.1, 0.15) is 5.82 Å². The van der Waals surface area contributed by atoms with E-state index in [0.29, 0.717) is 0 Å². The maximum Gasteiger partial charge on any atom is 0.111 e. The van der Waals surface area contributed by atoms with Crippen LogP contribution in [0.25, 0.3) is 0 Å². The molecule has 0 amide bonds. The minimum atomic E-state index is 0.799. The summed E-state index contributed by atoms with van der Waals surface area (Å²) in [5.41, 5.74) is 4.86. The summed E-state index contributed by atoms with van der Waals surface area (Å²) in [6, 6.07) is 20.9. The Morgan fingerprint density at radius 2 is 1.45 bits per heavy atom. The summed E-state index contributed by atoms with van der Waals surface area (Å²) in [6.45, 7) is 3.84. The number of aromatic nitrogens is 2. The molecule has 2 heteroatoms. The number of aromatic amines is 1. The SMILES string of the molecule is C=CCc1nc(Cc2ccccc2)[nH]c1Cc1ccccc1. The van der Waals surface area contributed by atoms with Gasteiger partial charge in [0.2, 0.25) is 0 Å². The first-order valence-electron chi connectivity index (χ1n) is 7.60. The molecule has 0 saturated heterocycles. The van der Waals surface area contributed by atoms with E-state index in [9.17, 15) is 0 Å². The molecule has 1 heterocycles. The molecule has 0 fully saturated rings. The molecule has 3 rings (SSSR count). The number of H-pyrrole nitrogens is 1. The molecule has 0 unspecified atom stereocenters. The smallest absolute Gasteiger partial charge is 0.111 e. The van der Waals surface area contributed by atoms with E-state index in [-0.39, 0.29) is 0 Å². The lowest BCUT2D eigenvalue weighted by Crippen LogP contribution is -1.94. The van der Waals surface area contributed by atoms with Gasteiger partial charge in [-0.25, -0.2) is 4.98 Å². The van der Waals surface area contributed by atoms with Crippen molar-refractivity contribution in [2.24, 2.45) is 0 Å². The van der Waals surface area contributed by atoms with E-state index in [1.165, 1.54) is 16.8 Å². The van der Waals surface area contributed by atoms with Crippen molar-refractivity contribution in [2.45, 2.75) is 19.3 Å². The molecule has 1 N–H and O–H groups in total. The molecule has 2 nitrogen and oxygen atoms in total. The first kappa shape index (κ1) is 14.3. The van der Waals surface area contributed by atoms with Gasteiger partial charge in [-0.3, -0.25) is 0 Å². The zero-order chi connectivity index (χ0) is 15.2.